The Morgan fingerprint density at radius 1 is 1.36 bits per heavy atom. The normalized spacial score (nSPS) is 17.6. The Hall–Kier alpha value is -2.08. The minimum absolute atomic E-state index is 0.140. The van der Waals surface area contributed by atoms with Crippen LogP contribution in [0.2, 0.25) is 0 Å². The zero-order valence-electron chi connectivity index (χ0n) is 12.8. The van der Waals surface area contributed by atoms with Crippen molar-refractivity contribution in [3.05, 3.63) is 23.8 Å². The Balaban J connectivity index is 2.28. The Bertz CT molecular complexity index is 533. The van der Waals surface area contributed by atoms with Crippen molar-refractivity contribution in [3.63, 3.8) is 0 Å². The lowest BCUT2D eigenvalue weighted by Crippen LogP contribution is -2.29. The van der Waals surface area contributed by atoms with Gasteiger partial charge >= 0.3 is 5.97 Å². The topological polar surface area (TPSA) is 71.1 Å². The highest BCUT2D eigenvalue weighted by Gasteiger charge is 2.26. The molecule has 1 aliphatic rings. The number of carbonyl (C=O) groups is 2. The van der Waals surface area contributed by atoms with Crippen LogP contribution in [0, 0.1) is 0 Å². The fourth-order valence-corrected chi connectivity index (χ4v) is 2.25. The number of hydrogen-bond acceptors (Lipinski definition) is 6. The zero-order valence-corrected chi connectivity index (χ0v) is 12.8. The molecular formula is C16H20O6. The van der Waals surface area contributed by atoms with Crippen LogP contribution in [0.4, 0.5) is 0 Å². The Labute approximate surface area is 129 Å². The average molecular weight is 308 g/mol. The third-order valence-electron chi connectivity index (χ3n) is 3.31. The van der Waals surface area contributed by atoms with Crippen molar-refractivity contribution >= 4 is 11.8 Å². The average Bonchev–Trinajstić information content (AvgIpc) is 2.55. The molecule has 0 aromatic heterocycles. The number of rotatable bonds is 6. The monoisotopic (exact) mass is 308 g/mol. The predicted octanol–water partition coefficient (Wildman–Crippen LogP) is 2.00. The molecule has 1 aromatic rings. The molecule has 1 atom stereocenters. The molecule has 1 aliphatic heterocycles. The van der Waals surface area contributed by atoms with E-state index < -0.39 is 11.8 Å². The summed E-state index contributed by atoms with van der Waals surface area (Å²) in [7, 11) is 1.48. The van der Waals surface area contributed by atoms with Gasteiger partial charge in [-0.1, -0.05) is 6.07 Å². The number of carbonyl (C=O) groups excluding carboxylic acids is 2. The summed E-state index contributed by atoms with van der Waals surface area (Å²) in [5.74, 6) is -0.979. The largest absolute Gasteiger partial charge is 0.493 e. The summed E-state index contributed by atoms with van der Waals surface area (Å²) in [5.41, 5.74) is 0.142. The van der Waals surface area contributed by atoms with Crippen molar-refractivity contribution < 1.29 is 28.5 Å². The minimum Gasteiger partial charge on any atom is -0.493 e. The predicted molar refractivity (Wildman–Crippen MR) is 78.4 cm³/mol. The molecule has 1 heterocycles. The molecular weight excluding hydrogens is 288 g/mol. The van der Waals surface area contributed by atoms with Crippen LogP contribution in [-0.2, 0) is 14.3 Å². The van der Waals surface area contributed by atoms with Crippen LogP contribution in [0.5, 0.6) is 11.5 Å². The van der Waals surface area contributed by atoms with Crippen LogP contribution in [0.1, 0.15) is 30.1 Å². The van der Waals surface area contributed by atoms with Gasteiger partial charge < -0.3 is 18.9 Å². The molecule has 6 nitrogen and oxygen atoms in total. The van der Waals surface area contributed by atoms with Gasteiger partial charge in [-0.15, -0.1) is 0 Å². The van der Waals surface area contributed by atoms with Crippen molar-refractivity contribution in [3.8, 4) is 11.5 Å². The van der Waals surface area contributed by atoms with Gasteiger partial charge in [-0.3, -0.25) is 4.79 Å². The summed E-state index contributed by atoms with van der Waals surface area (Å²) >= 11 is 0. The summed E-state index contributed by atoms with van der Waals surface area (Å²) in [6.45, 7) is 2.94. The maximum absolute atomic E-state index is 12.2. The lowest BCUT2D eigenvalue weighted by Gasteiger charge is -2.25. The molecule has 120 valence electrons. The van der Waals surface area contributed by atoms with Gasteiger partial charge in [-0.25, -0.2) is 4.79 Å². The lowest BCUT2D eigenvalue weighted by atomic mass is 10.1. The fourth-order valence-electron chi connectivity index (χ4n) is 2.25. The summed E-state index contributed by atoms with van der Waals surface area (Å²) in [6, 6.07) is 4.84. The van der Waals surface area contributed by atoms with Crippen molar-refractivity contribution in [1.82, 2.24) is 0 Å². The SMILES string of the molecule is CCOC(=O)C(=O)c1cccc(OC)c1OC1CCCOC1. The van der Waals surface area contributed by atoms with Gasteiger partial charge in [0.15, 0.2) is 11.5 Å². The Morgan fingerprint density at radius 2 is 2.18 bits per heavy atom. The van der Waals surface area contributed by atoms with Gasteiger partial charge in [-0.2, -0.15) is 0 Å². The smallest absolute Gasteiger partial charge is 0.379 e. The summed E-state index contributed by atoms with van der Waals surface area (Å²) in [4.78, 5) is 23.9. The van der Waals surface area contributed by atoms with Gasteiger partial charge in [0, 0.05) is 6.61 Å². The maximum Gasteiger partial charge on any atom is 0.379 e. The second-order valence-electron chi connectivity index (χ2n) is 4.84. The van der Waals surface area contributed by atoms with E-state index in [1.54, 1.807) is 19.1 Å². The van der Waals surface area contributed by atoms with E-state index in [4.69, 9.17) is 18.9 Å². The highest BCUT2D eigenvalue weighted by atomic mass is 16.6. The van der Waals surface area contributed by atoms with Crippen LogP contribution < -0.4 is 9.47 Å². The van der Waals surface area contributed by atoms with E-state index in [1.165, 1.54) is 13.2 Å². The van der Waals surface area contributed by atoms with Crippen molar-refractivity contribution in [1.29, 1.82) is 0 Å². The number of ketones is 1. The van der Waals surface area contributed by atoms with E-state index in [-0.39, 0.29) is 24.0 Å². The number of ether oxygens (including phenoxy) is 4. The molecule has 22 heavy (non-hydrogen) atoms. The minimum atomic E-state index is -0.902. The number of methoxy groups -OCH3 is 1. The first kappa shape index (κ1) is 16.3. The highest BCUT2D eigenvalue weighted by molar-refractivity contribution is 6.41. The molecule has 0 amide bonds. The maximum atomic E-state index is 12.2. The standard InChI is InChI=1S/C16H20O6/c1-3-21-16(18)14(17)12-7-4-8-13(19-2)15(12)22-11-6-5-9-20-10-11/h4,7-8,11H,3,5-6,9-10H2,1-2H3. The van der Waals surface area contributed by atoms with Crippen LogP contribution >= 0.6 is 0 Å². The van der Waals surface area contributed by atoms with E-state index >= 15 is 0 Å². The molecule has 1 unspecified atom stereocenters. The van der Waals surface area contributed by atoms with Gasteiger partial charge in [0.05, 0.1) is 25.9 Å². The Morgan fingerprint density at radius 3 is 2.82 bits per heavy atom. The van der Waals surface area contributed by atoms with E-state index in [2.05, 4.69) is 0 Å². The van der Waals surface area contributed by atoms with Crippen molar-refractivity contribution in [2.24, 2.45) is 0 Å². The second kappa shape index (κ2) is 7.79. The van der Waals surface area contributed by atoms with Gasteiger partial charge in [0.2, 0.25) is 0 Å². The fraction of sp³-hybridized carbons (Fsp3) is 0.500. The first-order valence-electron chi connectivity index (χ1n) is 7.30. The van der Waals surface area contributed by atoms with E-state index in [1.807, 2.05) is 0 Å². The zero-order chi connectivity index (χ0) is 15.9. The quantitative estimate of drug-likeness (QED) is 0.455. The molecule has 0 bridgehead atoms. The number of Topliss-reactive ketones (excluding diaryl/α,β-unsaturated/α-hetero) is 1. The first-order chi connectivity index (χ1) is 10.7. The van der Waals surface area contributed by atoms with Gasteiger partial charge in [0.1, 0.15) is 6.10 Å². The molecule has 1 aromatic carbocycles. The van der Waals surface area contributed by atoms with E-state index in [0.29, 0.717) is 19.0 Å². The number of para-hydroxylation sites is 1. The van der Waals surface area contributed by atoms with Crippen LogP contribution in [0.25, 0.3) is 0 Å². The number of esters is 1. The van der Waals surface area contributed by atoms with Crippen LogP contribution in [-0.4, -0.2) is 44.8 Å². The molecule has 0 saturated carbocycles. The molecule has 1 fully saturated rings. The van der Waals surface area contributed by atoms with Crippen LogP contribution in [0.3, 0.4) is 0 Å². The second-order valence-corrected chi connectivity index (χ2v) is 4.84. The molecule has 0 N–H and O–H groups in total. The third kappa shape index (κ3) is 3.76. The van der Waals surface area contributed by atoms with E-state index in [9.17, 15) is 9.59 Å². The molecule has 2 rings (SSSR count). The summed E-state index contributed by atoms with van der Waals surface area (Å²) in [6.07, 6.45) is 1.55. The summed E-state index contributed by atoms with van der Waals surface area (Å²) in [5, 5.41) is 0. The van der Waals surface area contributed by atoms with Crippen molar-refractivity contribution in [2.75, 3.05) is 26.9 Å². The number of benzene rings is 1. The Kier molecular flexibility index (Phi) is 5.77. The molecule has 0 radical (unpaired) electrons. The van der Waals surface area contributed by atoms with Crippen LogP contribution in [0.15, 0.2) is 18.2 Å². The highest BCUT2D eigenvalue weighted by Crippen LogP contribution is 2.33. The molecule has 0 spiro atoms. The first-order valence-corrected chi connectivity index (χ1v) is 7.30. The van der Waals surface area contributed by atoms with Gasteiger partial charge in [-0.05, 0) is 31.9 Å². The van der Waals surface area contributed by atoms with Gasteiger partial charge in [0.25, 0.3) is 5.78 Å². The molecule has 1 saturated heterocycles. The lowest BCUT2D eigenvalue weighted by molar-refractivity contribution is -0.137. The molecule has 0 aliphatic carbocycles. The number of hydrogen-bond donors (Lipinski definition) is 0. The van der Waals surface area contributed by atoms with E-state index in [0.717, 1.165) is 12.8 Å². The third-order valence-corrected chi connectivity index (χ3v) is 3.31. The summed E-state index contributed by atoms with van der Waals surface area (Å²) < 4.78 is 21.3. The van der Waals surface area contributed by atoms with Crippen molar-refractivity contribution in [2.45, 2.75) is 25.9 Å². The molecule has 6 heteroatoms.